The van der Waals surface area contributed by atoms with Crippen LogP contribution in [0.5, 0.6) is 0 Å². The van der Waals surface area contributed by atoms with Crippen molar-refractivity contribution in [2.45, 2.75) is 6.42 Å². The summed E-state index contributed by atoms with van der Waals surface area (Å²) < 4.78 is 0. The molecule has 2 heterocycles. The van der Waals surface area contributed by atoms with E-state index in [9.17, 15) is 4.79 Å². The third-order valence-electron chi connectivity index (χ3n) is 2.29. The van der Waals surface area contributed by atoms with Crippen molar-refractivity contribution in [3.8, 4) is 10.4 Å². The van der Waals surface area contributed by atoms with E-state index in [1.54, 1.807) is 41.7 Å². The number of hydrogen-bond donors (Lipinski definition) is 0. The molecule has 0 aliphatic carbocycles. The minimum atomic E-state index is 0.152. The van der Waals surface area contributed by atoms with E-state index in [-0.39, 0.29) is 5.91 Å². The van der Waals surface area contributed by atoms with Gasteiger partial charge in [0.05, 0.1) is 6.42 Å². The van der Waals surface area contributed by atoms with Gasteiger partial charge in [0.25, 0.3) is 0 Å². The molecule has 2 nitrogen and oxygen atoms in total. The summed E-state index contributed by atoms with van der Waals surface area (Å²) in [5.74, 6) is 0.152. The topological polar surface area (TPSA) is 20.3 Å². The van der Waals surface area contributed by atoms with Crippen LogP contribution in [0.25, 0.3) is 10.4 Å². The standard InChI is InChI=1S/C12H13NOS2/c1-13(2)12(14)7-10-3-4-11(16-10)9-5-6-15-8-9/h3-6,8H,7H2,1-2H3. The minimum Gasteiger partial charge on any atom is -0.349 e. The van der Waals surface area contributed by atoms with E-state index >= 15 is 0 Å². The lowest BCUT2D eigenvalue weighted by molar-refractivity contribution is -0.127. The zero-order chi connectivity index (χ0) is 11.5. The Morgan fingerprint density at radius 2 is 2.12 bits per heavy atom. The first kappa shape index (κ1) is 11.4. The highest BCUT2D eigenvalue weighted by molar-refractivity contribution is 7.16. The smallest absolute Gasteiger partial charge is 0.227 e. The Kier molecular flexibility index (Phi) is 3.41. The van der Waals surface area contributed by atoms with Crippen molar-refractivity contribution in [1.82, 2.24) is 4.90 Å². The van der Waals surface area contributed by atoms with E-state index < -0.39 is 0 Å². The van der Waals surface area contributed by atoms with Gasteiger partial charge in [-0.15, -0.1) is 11.3 Å². The molecule has 2 aromatic rings. The van der Waals surface area contributed by atoms with Crippen molar-refractivity contribution in [1.29, 1.82) is 0 Å². The highest BCUT2D eigenvalue weighted by Crippen LogP contribution is 2.29. The van der Waals surface area contributed by atoms with Gasteiger partial charge in [-0.2, -0.15) is 11.3 Å². The fourth-order valence-corrected chi connectivity index (χ4v) is 3.07. The van der Waals surface area contributed by atoms with Gasteiger partial charge >= 0.3 is 0 Å². The van der Waals surface area contributed by atoms with Crippen molar-refractivity contribution in [2.75, 3.05) is 14.1 Å². The highest BCUT2D eigenvalue weighted by Gasteiger charge is 2.08. The van der Waals surface area contributed by atoms with E-state index in [1.807, 2.05) is 6.07 Å². The van der Waals surface area contributed by atoms with E-state index in [0.717, 1.165) is 4.88 Å². The second kappa shape index (κ2) is 4.80. The largest absolute Gasteiger partial charge is 0.349 e. The molecule has 0 spiro atoms. The van der Waals surface area contributed by atoms with Gasteiger partial charge in [-0.05, 0) is 29.0 Å². The molecule has 0 aliphatic rings. The molecule has 2 aromatic heterocycles. The van der Waals surface area contributed by atoms with Gasteiger partial charge in [0.1, 0.15) is 0 Å². The number of thiophene rings is 2. The van der Waals surface area contributed by atoms with Gasteiger partial charge in [-0.3, -0.25) is 4.79 Å². The maximum atomic E-state index is 11.5. The van der Waals surface area contributed by atoms with Crippen LogP contribution >= 0.6 is 22.7 Å². The third-order valence-corrected chi connectivity index (χ3v) is 4.11. The van der Waals surface area contributed by atoms with Gasteiger partial charge in [0.2, 0.25) is 5.91 Å². The monoisotopic (exact) mass is 251 g/mol. The predicted molar refractivity (Wildman–Crippen MR) is 70.0 cm³/mol. The van der Waals surface area contributed by atoms with Crippen LogP contribution in [-0.4, -0.2) is 24.9 Å². The quantitative estimate of drug-likeness (QED) is 0.821. The van der Waals surface area contributed by atoms with Crippen LogP contribution in [0.1, 0.15) is 4.88 Å². The van der Waals surface area contributed by atoms with Crippen molar-refractivity contribution >= 4 is 28.6 Å². The van der Waals surface area contributed by atoms with E-state index in [0.29, 0.717) is 6.42 Å². The Bertz CT molecular complexity index is 471. The van der Waals surface area contributed by atoms with Crippen molar-refractivity contribution in [3.63, 3.8) is 0 Å². The first-order chi connectivity index (χ1) is 7.66. The molecule has 16 heavy (non-hydrogen) atoms. The van der Waals surface area contributed by atoms with Crippen LogP contribution in [0, 0.1) is 0 Å². The van der Waals surface area contributed by atoms with E-state index in [4.69, 9.17) is 0 Å². The van der Waals surface area contributed by atoms with Crippen molar-refractivity contribution in [3.05, 3.63) is 33.8 Å². The van der Waals surface area contributed by atoms with Crippen LogP contribution in [0.3, 0.4) is 0 Å². The van der Waals surface area contributed by atoms with Crippen LogP contribution in [0.2, 0.25) is 0 Å². The van der Waals surface area contributed by atoms with Gasteiger partial charge in [-0.1, -0.05) is 0 Å². The lowest BCUT2D eigenvalue weighted by Gasteiger charge is -2.08. The van der Waals surface area contributed by atoms with Crippen LogP contribution < -0.4 is 0 Å². The van der Waals surface area contributed by atoms with Crippen molar-refractivity contribution in [2.24, 2.45) is 0 Å². The molecule has 0 saturated heterocycles. The molecule has 0 bridgehead atoms. The fourth-order valence-electron chi connectivity index (χ4n) is 1.34. The minimum absolute atomic E-state index is 0.152. The molecule has 0 unspecified atom stereocenters. The molecule has 0 saturated carbocycles. The van der Waals surface area contributed by atoms with Gasteiger partial charge in [-0.25, -0.2) is 0 Å². The summed E-state index contributed by atoms with van der Waals surface area (Å²) in [7, 11) is 3.57. The zero-order valence-electron chi connectivity index (χ0n) is 9.27. The molecule has 4 heteroatoms. The first-order valence-electron chi connectivity index (χ1n) is 4.98. The second-order valence-corrected chi connectivity index (χ2v) is 5.69. The molecule has 0 fully saturated rings. The summed E-state index contributed by atoms with van der Waals surface area (Å²) in [6, 6.07) is 6.23. The Labute approximate surface area is 103 Å². The normalized spacial score (nSPS) is 10.4. The summed E-state index contributed by atoms with van der Waals surface area (Å²) in [4.78, 5) is 15.5. The number of carbonyl (C=O) groups is 1. The molecule has 0 aliphatic heterocycles. The molecular weight excluding hydrogens is 238 g/mol. The molecule has 0 N–H and O–H groups in total. The summed E-state index contributed by atoms with van der Waals surface area (Å²) in [5.41, 5.74) is 1.25. The highest BCUT2D eigenvalue weighted by atomic mass is 32.1. The third kappa shape index (κ3) is 2.51. The summed E-state index contributed by atoms with van der Waals surface area (Å²) in [6.45, 7) is 0. The Hall–Kier alpha value is -1.13. The van der Waals surface area contributed by atoms with Gasteiger partial charge < -0.3 is 4.90 Å². The molecule has 84 valence electrons. The maximum Gasteiger partial charge on any atom is 0.227 e. The Morgan fingerprint density at radius 3 is 2.75 bits per heavy atom. The summed E-state index contributed by atoms with van der Waals surface area (Å²) in [5, 5.41) is 4.20. The number of carbonyl (C=O) groups excluding carboxylic acids is 1. The van der Waals surface area contributed by atoms with Gasteiger partial charge in [0, 0.05) is 29.4 Å². The molecular formula is C12H13NOS2. The molecule has 0 aromatic carbocycles. The number of likely N-dealkylation sites (N-methyl/N-ethyl adjacent to an activating group) is 1. The van der Waals surface area contributed by atoms with Crippen molar-refractivity contribution < 1.29 is 4.79 Å². The van der Waals surface area contributed by atoms with Crippen LogP contribution in [0.15, 0.2) is 29.0 Å². The lowest BCUT2D eigenvalue weighted by atomic mass is 10.2. The zero-order valence-corrected chi connectivity index (χ0v) is 10.9. The number of amides is 1. The molecule has 0 radical (unpaired) electrons. The van der Waals surface area contributed by atoms with E-state index in [2.05, 4.69) is 22.9 Å². The molecule has 0 atom stereocenters. The van der Waals surface area contributed by atoms with E-state index in [1.165, 1.54) is 10.4 Å². The first-order valence-corrected chi connectivity index (χ1v) is 6.74. The number of rotatable bonds is 3. The summed E-state index contributed by atoms with van der Waals surface area (Å²) in [6.07, 6.45) is 0.502. The molecule has 1 amide bonds. The SMILES string of the molecule is CN(C)C(=O)Cc1ccc(-c2ccsc2)s1. The van der Waals surface area contributed by atoms with Crippen LogP contribution in [-0.2, 0) is 11.2 Å². The molecule has 2 rings (SSSR count). The predicted octanol–water partition coefficient (Wildman–Crippen LogP) is 3.11. The lowest BCUT2D eigenvalue weighted by Crippen LogP contribution is -2.22. The second-order valence-electron chi connectivity index (χ2n) is 3.74. The number of nitrogens with zero attached hydrogens (tertiary/aromatic N) is 1. The maximum absolute atomic E-state index is 11.5. The summed E-state index contributed by atoms with van der Waals surface area (Å²) >= 11 is 3.39. The Morgan fingerprint density at radius 1 is 1.31 bits per heavy atom. The fraction of sp³-hybridized carbons (Fsp3) is 0.250. The van der Waals surface area contributed by atoms with Crippen LogP contribution in [0.4, 0.5) is 0 Å². The Balaban J connectivity index is 2.11. The van der Waals surface area contributed by atoms with Gasteiger partial charge in [0.15, 0.2) is 0 Å². The average molecular weight is 251 g/mol. The average Bonchev–Trinajstić information content (AvgIpc) is 2.85. The number of hydrogen-bond acceptors (Lipinski definition) is 3.